The number of nitriles is 1. The minimum absolute atomic E-state index is 0.146. The number of hydrogen-bond donors (Lipinski definition) is 1. The molecule has 0 spiro atoms. The Morgan fingerprint density at radius 1 is 1.50 bits per heavy atom. The van der Waals surface area contributed by atoms with Crippen LogP contribution in [0.25, 0.3) is 0 Å². The molecule has 0 saturated carbocycles. The summed E-state index contributed by atoms with van der Waals surface area (Å²) in [4.78, 5) is 6.81. The third kappa shape index (κ3) is 3.33. The molecule has 2 fully saturated rings. The van der Waals surface area contributed by atoms with Gasteiger partial charge in [0.1, 0.15) is 11.9 Å². The van der Waals surface area contributed by atoms with Crippen molar-refractivity contribution in [2.45, 2.75) is 12.0 Å². The summed E-state index contributed by atoms with van der Waals surface area (Å²) in [5, 5.41) is 12.8. The SMILES string of the molecule is N#Cc1cnc(NC[C@]2(N3CCOCC3)CCSC2)c(Cl)c1. The standard InChI is InChI=1S/C15H19ClN4OS/c16-13-7-12(8-17)9-18-14(13)19-10-15(1-6-22-11-15)20-2-4-21-5-3-20/h7,9H,1-6,10-11H2,(H,18,19)/t15-/m1/s1. The van der Waals surface area contributed by atoms with Gasteiger partial charge in [-0.05, 0) is 18.2 Å². The Hall–Kier alpha value is -1.00. The van der Waals surface area contributed by atoms with Crippen molar-refractivity contribution in [3.8, 4) is 6.07 Å². The molecule has 1 aromatic heterocycles. The average Bonchev–Trinajstić information content (AvgIpc) is 3.04. The van der Waals surface area contributed by atoms with Crippen molar-refractivity contribution in [2.24, 2.45) is 0 Å². The highest BCUT2D eigenvalue weighted by Crippen LogP contribution is 2.34. The van der Waals surface area contributed by atoms with E-state index < -0.39 is 0 Å². The van der Waals surface area contributed by atoms with Crippen LogP contribution in [-0.4, -0.2) is 59.8 Å². The Bertz CT molecular complexity index is 565. The largest absolute Gasteiger partial charge is 0.379 e. The summed E-state index contributed by atoms with van der Waals surface area (Å²) in [6.45, 7) is 4.40. The summed E-state index contributed by atoms with van der Waals surface area (Å²) in [6, 6.07) is 3.71. The Kier molecular flexibility index (Phi) is 5.09. The molecule has 1 aromatic rings. The van der Waals surface area contributed by atoms with E-state index in [0.717, 1.165) is 38.6 Å². The van der Waals surface area contributed by atoms with Gasteiger partial charge in [-0.3, -0.25) is 4.90 Å². The van der Waals surface area contributed by atoms with Crippen molar-refractivity contribution in [2.75, 3.05) is 49.7 Å². The second-order valence-electron chi connectivity index (χ2n) is 5.65. The van der Waals surface area contributed by atoms with Crippen LogP contribution in [0.2, 0.25) is 5.02 Å². The smallest absolute Gasteiger partial charge is 0.144 e. The summed E-state index contributed by atoms with van der Waals surface area (Å²) in [7, 11) is 0. The molecule has 1 N–H and O–H groups in total. The van der Waals surface area contributed by atoms with E-state index in [1.54, 1.807) is 12.3 Å². The second-order valence-corrected chi connectivity index (χ2v) is 7.16. The van der Waals surface area contributed by atoms with Crippen LogP contribution in [0.5, 0.6) is 0 Å². The van der Waals surface area contributed by atoms with Crippen molar-refractivity contribution >= 4 is 29.2 Å². The number of morpholine rings is 1. The van der Waals surface area contributed by atoms with Crippen molar-refractivity contribution < 1.29 is 4.74 Å². The van der Waals surface area contributed by atoms with E-state index in [-0.39, 0.29) is 5.54 Å². The normalized spacial score (nSPS) is 25.8. The first-order valence-electron chi connectivity index (χ1n) is 7.44. The molecule has 0 radical (unpaired) electrons. The number of halogens is 1. The molecular weight excluding hydrogens is 320 g/mol. The lowest BCUT2D eigenvalue weighted by Crippen LogP contribution is -2.57. The van der Waals surface area contributed by atoms with Crippen molar-refractivity contribution in [1.29, 1.82) is 5.26 Å². The third-order valence-electron chi connectivity index (χ3n) is 4.32. The Labute approximate surface area is 140 Å². The maximum Gasteiger partial charge on any atom is 0.144 e. The fourth-order valence-corrected chi connectivity index (χ4v) is 4.72. The Balaban J connectivity index is 1.71. The van der Waals surface area contributed by atoms with Gasteiger partial charge in [0.25, 0.3) is 0 Å². The zero-order valence-corrected chi connectivity index (χ0v) is 13.9. The molecule has 22 heavy (non-hydrogen) atoms. The van der Waals surface area contributed by atoms with E-state index in [1.165, 1.54) is 12.2 Å². The van der Waals surface area contributed by atoms with Crippen LogP contribution < -0.4 is 5.32 Å². The highest BCUT2D eigenvalue weighted by Gasteiger charge is 2.40. The first-order valence-corrected chi connectivity index (χ1v) is 8.97. The van der Waals surface area contributed by atoms with E-state index in [9.17, 15) is 0 Å². The lowest BCUT2D eigenvalue weighted by molar-refractivity contribution is -0.00922. The number of rotatable bonds is 4. The molecule has 0 amide bonds. The predicted octanol–water partition coefficient (Wildman–Crippen LogP) is 2.23. The van der Waals surface area contributed by atoms with Crippen molar-refractivity contribution in [3.63, 3.8) is 0 Å². The van der Waals surface area contributed by atoms with Gasteiger partial charge in [0.15, 0.2) is 0 Å². The van der Waals surface area contributed by atoms with Gasteiger partial charge in [0.05, 0.1) is 23.8 Å². The second kappa shape index (κ2) is 7.05. The molecular formula is C15H19ClN4OS. The number of hydrogen-bond acceptors (Lipinski definition) is 6. The molecule has 2 aliphatic rings. The Morgan fingerprint density at radius 3 is 2.95 bits per heavy atom. The van der Waals surface area contributed by atoms with Gasteiger partial charge in [-0.25, -0.2) is 4.98 Å². The number of pyridine rings is 1. The minimum Gasteiger partial charge on any atom is -0.379 e. The highest BCUT2D eigenvalue weighted by atomic mass is 35.5. The maximum absolute atomic E-state index is 8.88. The molecule has 0 unspecified atom stereocenters. The fourth-order valence-electron chi connectivity index (χ4n) is 3.01. The minimum atomic E-state index is 0.146. The van der Waals surface area contributed by atoms with E-state index >= 15 is 0 Å². The molecule has 1 atom stereocenters. The summed E-state index contributed by atoms with van der Waals surface area (Å²) in [6.07, 6.45) is 2.72. The van der Waals surface area contributed by atoms with E-state index in [1.807, 2.05) is 11.8 Å². The summed E-state index contributed by atoms with van der Waals surface area (Å²) in [5.74, 6) is 2.96. The van der Waals surface area contributed by atoms with Crippen LogP contribution in [0.15, 0.2) is 12.3 Å². The summed E-state index contributed by atoms with van der Waals surface area (Å²) < 4.78 is 5.48. The molecule has 3 heterocycles. The van der Waals surface area contributed by atoms with Crippen molar-refractivity contribution in [1.82, 2.24) is 9.88 Å². The predicted molar refractivity (Wildman–Crippen MR) is 89.5 cm³/mol. The van der Waals surface area contributed by atoms with Crippen LogP contribution in [0.1, 0.15) is 12.0 Å². The molecule has 0 aliphatic carbocycles. The number of nitrogens with zero attached hydrogens (tertiary/aromatic N) is 3. The van der Waals surface area contributed by atoms with Gasteiger partial charge in [0, 0.05) is 37.1 Å². The van der Waals surface area contributed by atoms with Gasteiger partial charge in [-0.2, -0.15) is 17.0 Å². The lowest BCUT2D eigenvalue weighted by atomic mass is 9.95. The quantitative estimate of drug-likeness (QED) is 0.908. The van der Waals surface area contributed by atoms with Crippen LogP contribution in [0.4, 0.5) is 5.82 Å². The van der Waals surface area contributed by atoms with Crippen LogP contribution in [0.3, 0.4) is 0 Å². The average molecular weight is 339 g/mol. The monoisotopic (exact) mass is 338 g/mol. The van der Waals surface area contributed by atoms with Crippen LogP contribution >= 0.6 is 23.4 Å². The molecule has 0 bridgehead atoms. The molecule has 2 saturated heterocycles. The number of anilines is 1. The zero-order valence-electron chi connectivity index (χ0n) is 12.3. The maximum atomic E-state index is 8.88. The number of aromatic nitrogens is 1. The van der Waals surface area contributed by atoms with Gasteiger partial charge < -0.3 is 10.1 Å². The lowest BCUT2D eigenvalue weighted by Gasteiger charge is -2.43. The fraction of sp³-hybridized carbons (Fsp3) is 0.600. The molecule has 2 aliphatic heterocycles. The zero-order chi connectivity index (χ0) is 15.4. The number of nitrogens with one attached hydrogen (secondary N) is 1. The molecule has 0 aromatic carbocycles. The summed E-state index contributed by atoms with van der Waals surface area (Å²) in [5.41, 5.74) is 0.628. The number of ether oxygens (including phenoxy) is 1. The number of thioether (sulfide) groups is 1. The van der Waals surface area contributed by atoms with Gasteiger partial charge in [-0.15, -0.1) is 0 Å². The first kappa shape index (κ1) is 15.9. The third-order valence-corrected chi connectivity index (χ3v) is 5.84. The topological polar surface area (TPSA) is 61.2 Å². The van der Waals surface area contributed by atoms with E-state index in [4.69, 9.17) is 21.6 Å². The molecule has 118 valence electrons. The van der Waals surface area contributed by atoms with Crippen molar-refractivity contribution in [3.05, 3.63) is 22.8 Å². The van der Waals surface area contributed by atoms with Gasteiger partial charge >= 0.3 is 0 Å². The first-order chi connectivity index (χ1) is 10.7. The van der Waals surface area contributed by atoms with Gasteiger partial charge in [-0.1, -0.05) is 11.6 Å². The Morgan fingerprint density at radius 2 is 2.32 bits per heavy atom. The summed E-state index contributed by atoms with van der Waals surface area (Å²) >= 11 is 8.21. The molecule has 3 rings (SSSR count). The van der Waals surface area contributed by atoms with Crippen LogP contribution in [0, 0.1) is 11.3 Å². The van der Waals surface area contributed by atoms with Gasteiger partial charge in [0.2, 0.25) is 0 Å². The van der Waals surface area contributed by atoms with Crippen LogP contribution in [-0.2, 0) is 4.74 Å². The molecule has 7 heteroatoms. The van der Waals surface area contributed by atoms with E-state index in [2.05, 4.69) is 21.3 Å². The molecule has 5 nitrogen and oxygen atoms in total. The van der Waals surface area contributed by atoms with E-state index in [0.29, 0.717) is 16.4 Å². The highest BCUT2D eigenvalue weighted by molar-refractivity contribution is 7.99.